The molecular weight excluding hydrogens is 801 g/mol. The fraction of sp³-hybridized carbons (Fsp3) is 0.587. The molecule has 3 fully saturated rings. The molecule has 11 atom stereocenters. The van der Waals surface area contributed by atoms with E-state index in [1.807, 2.05) is 6.92 Å². The summed E-state index contributed by atoms with van der Waals surface area (Å²) < 4.78 is 36.9. The van der Waals surface area contributed by atoms with E-state index in [1.54, 1.807) is 97.0 Å². The Kier molecular flexibility index (Phi) is 12.7. The summed E-state index contributed by atoms with van der Waals surface area (Å²) in [6, 6.07) is 14.9. The van der Waals surface area contributed by atoms with Crippen molar-refractivity contribution in [2.24, 2.45) is 16.7 Å². The van der Waals surface area contributed by atoms with Crippen molar-refractivity contribution in [3.63, 3.8) is 0 Å². The summed E-state index contributed by atoms with van der Waals surface area (Å²) in [4.78, 5) is 70.6. The Labute approximate surface area is 363 Å². The van der Waals surface area contributed by atoms with Crippen LogP contribution in [-0.4, -0.2) is 112 Å². The molecular formula is C46H60BNO14. The SMILES string of the molecule is CCBO[C@H]1C(=O)[C@]2(C)C(O)C[C@@]3(C)OC[C@@]3(OC(C)=O)[C@H]2[C@H](OC(=O)c2ccccc2)[C@]2(O)CC(OC(=O)[C@H](O)[C@@H](NC(=O)OC(C)(C)C)c3ccccc3)C(C)=C1C2(C)C. The summed E-state index contributed by atoms with van der Waals surface area (Å²) in [6.45, 7) is 15.9. The number of amides is 1. The first-order chi connectivity index (χ1) is 28.9. The van der Waals surface area contributed by atoms with Crippen LogP contribution in [-0.2, 0) is 42.7 Å². The molecule has 1 aliphatic heterocycles. The second kappa shape index (κ2) is 16.8. The lowest BCUT2D eigenvalue weighted by molar-refractivity contribution is -0.383. The van der Waals surface area contributed by atoms with Gasteiger partial charge in [0.2, 0.25) is 0 Å². The third-order valence-electron chi connectivity index (χ3n) is 13.6. The van der Waals surface area contributed by atoms with E-state index in [-0.39, 0.29) is 31.6 Å². The van der Waals surface area contributed by atoms with Crippen LogP contribution < -0.4 is 5.32 Å². The Morgan fingerprint density at radius 1 is 0.968 bits per heavy atom. The van der Waals surface area contributed by atoms with E-state index in [0.717, 1.165) is 0 Å². The molecule has 2 bridgehead atoms. The van der Waals surface area contributed by atoms with Gasteiger partial charge in [-0.1, -0.05) is 75.6 Å². The minimum absolute atomic E-state index is 0.0686. The zero-order valence-electron chi connectivity index (χ0n) is 37.2. The lowest BCUT2D eigenvalue weighted by Gasteiger charge is -2.70. The van der Waals surface area contributed by atoms with Gasteiger partial charge in [-0.05, 0) is 70.4 Å². The lowest BCUT2D eigenvalue weighted by Crippen LogP contribution is -2.85. The highest BCUT2D eigenvalue weighted by atomic mass is 16.6. The zero-order chi connectivity index (χ0) is 45.8. The van der Waals surface area contributed by atoms with Crippen molar-refractivity contribution in [1.82, 2.24) is 5.32 Å². The molecule has 4 N–H and O–H groups in total. The number of esters is 3. The molecule has 15 nitrogen and oxygen atoms in total. The number of benzene rings is 2. The number of hydrogen-bond donors (Lipinski definition) is 4. The highest BCUT2D eigenvalue weighted by molar-refractivity contribution is 6.27. The van der Waals surface area contributed by atoms with Gasteiger partial charge in [0.15, 0.2) is 17.5 Å². The first-order valence-electron chi connectivity index (χ1n) is 21.2. The van der Waals surface area contributed by atoms with Crippen LogP contribution in [0.5, 0.6) is 0 Å². The molecule has 16 heteroatoms. The molecule has 2 saturated carbocycles. The minimum atomic E-state index is -2.29. The van der Waals surface area contributed by atoms with Crippen LogP contribution in [0, 0.1) is 16.7 Å². The van der Waals surface area contributed by atoms with Gasteiger partial charge in [0.1, 0.15) is 35.1 Å². The summed E-state index contributed by atoms with van der Waals surface area (Å²) in [5.41, 5.74) is -8.79. The predicted molar refractivity (Wildman–Crippen MR) is 225 cm³/mol. The van der Waals surface area contributed by atoms with Gasteiger partial charge in [-0.2, -0.15) is 0 Å². The van der Waals surface area contributed by atoms with E-state index in [1.165, 1.54) is 26.0 Å². The topological polar surface area (TPSA) is 213 Å². The van der Waals surface area contributed by atoms with E-state index in [9.17, 15) is 34.5 Å². The molecule has 62 heavy (non-hydrogen) atoms. The number of carbonyl (C=O) groups is 5. The Balaban J connectivity index is 1.55. The summed E-state index contributed by atoms with van der Waals surface area (Å²) in [6.07, 6.45) is -9.18. The molecule has 6 rings (SSSR count). The second-order valence-electron chi connectivity index (χ2n) is 19.0. The molecule has 1 saturated heterocycles. The Morgan fingerprint density at radius 2 is 1.58 bits per heavy atom. The zero-order valence-corrected chi connectivity index (χ0v) is 37.2. The number of carbonyl (C=O) groups excluding carboxylic acids is 5. The van der Waals surface area contributed by atoms with Gasteiger partial charge in [0, 0.05) is 25.2 Å². The molecule has 3 aliphatic carbocycles. The number of aliphatic hydroxyl groups is 3. The van der Waals surface area contributed by atoms with Gasteiger partial charge in [-0.3, -0.25) is 9.59 Å². The number of aliphatic hydroxyl groups excluding tert-OH is 2. The quantitative estimate of drug-likeness (QED) is 0.106. The Morgan fingerprint density at radius 3 is 2.13 bits per heavy atom. The van der Waals surface area contributed by atoms with Crippen LogP contribution in [0.15, 0.2) is 71.8 Å². The van der Waals surface area contributed by atoms with E-state index < -0.39 is 112 Å². The number of nitrogens with one attached hydrogen (secondary N) is 1. The van der Waals surface area contributed by atoms with Crippen molar-refractivity contribution >= 4 is 37.3 Å². The molecule has 2 aromatic rings. The first-order valence-corrected chi connectivity index (χ1v) is 21.2. The smallest absolute Gasteiger partial charge is 0.408 e. The number of ether oxygens (including phenoxy) is 5. The molecule has 2 unspecified atom stereocenters. The molecule has 1 heterocycles. The van der Waals surface area contributed by atoms with Crippen molar-refractivity contribution in [3.05, 3.63) is 82.9 Å². The van der Waals surface area contributed by atoms with Crippen LogP contribution in [0.3, 0.4) is 0 Å². The van der Waals surface area contributed by atoms with Crippen LogP contribution in [0.2, 0.25) is 6.32 Å². The summed E-state index contributed by atoms with van der Waals surface area (Å²) in [5.74, 6) is -4.92. The molecule has 0 spiro atoms. The molecule has 1 amide bonds. The fourth-order valence-corrected chi connectivity index (χ4v) is 10.2. The number of rotatable bonds is 11. The average Bonchev–Trinajstić information content (AvgIpc) is 3.20. The lowest BCUT2D eigenvalue weighted by atomic mass is 9.42. The molecule has 4 aliphatic rings. The fourth-order valence-electron chi connectivity index (χ4n) is 10.2. The van der Waals surface area contributed by atoms with Gasteiger partial charge >= 0.3 is 24.0 Å². The normalized spacial score (nSPS) is 33.4. The molecule has 336 valence electrons. The number of alkyl carbamates (subject to hydrolysis) is 1. The molecule has 0 aromatic heterocycles. The monoisotopic (exact) mass is 861 g/mol. The first kappa shape index (κ1) is 46.9. The van der Waals surface area contributed by atoms with E-state index in [0.29, 0.717) is 17.5 Å². The number of ketones is 1. The summed E-state index contributed by atoms with van der Waals surface area (Å²) in [5, 5.41) is 40.4. The Bertz CT molecular complexity index is 2090. The van der Waals surface area contributed by atoms with E-state index >= 15 is 4.79 Å². The summed E-state index contributed by atoms with van der Waals surface area (Å²) >= 11 is 0. The highest BCUT2D eigenvalue weighted by Gasteiger charge is 2.81. The maximum Gasteiger partial charge on any atom is 0.408 e. The minimum Gasteiger partial charge on any atom is -0.456 e. The maximum atomic E-state index is 15.7. The van der Waals surface area contributed by atoms with Gasteiger partial charge in [-0.25, -0.2) is 14.4 Å². The average molecular weight is 862 g/mol. The van der Waals surface area contributed by atoms with Crippen LogP contribution in [0.25, 0.3) is 0 Å². The van der Waals surface area contributed by atoms with E-state index in [4.69, 9.17) is 28.3 Å². The second-order valence-corrected chi connectivity index (χ2v) is 19.0. The van der Waals surface area contributed by atoms with Crippen molar-refractivity contribution in [2.45, 2.75) is 147 Å². The van der Waals surface area contributed by atoms with Gasteiger partial charge in [-0.15, -0.1) is 0 Å². The van der Waals surface area contributed by atoms with Crippen molar-refractivity contribution in [1.29, 1.82) is 0 Å². The third kappa shape index (κ3) is 7.86. The highest BCUT2D eigenvalue weighted by Crippen LogP contribution is 2.67. The molecule has 0 radical (unpaired) electrons. The van der Waals surface area contributed by atoms with Gasteiger partial charge in [0.05, 0.1) is 35.6 Å². The van der Waals surface area contributed by atoms with Crippen LogP contribution >= 0.6 is 0 Å². The van der Waals surface area contributed by atoms with Crippen LogP contribution in [0.4, 0.5) is 4.79 Å². The van der Waals surface area contributed by atoms with Crippen molar-refractivity contribution in [2.75, 3.05) is 6.61 Å². The van der Waals surface area contributed by atoms with Gasteiger partial charge < -0.3 is 49.0 Å². The summed E-state index contributed by atoms with van der Waals surface area (Å²) in [7, 11) is 0.0686. The van der Waals surface area contributed by atoms with E-state index in [2.05, 4.69) is 5.32 Å². The maximum absolute atomic E-state index is 15.7. The van der Waals surface area contributed by atoms with Crippen molar-refractivity contribution < 1.29 is 67.6 Å². The predicted octanol–water partition coefficient (Wildman–Crippen LogP) is 4.46. The number of hydrogen-bond acceptors (Lipinski definition) is 14. The number of Topliss-reactive ketones (excluding diaryl/α,β-unsaturated/α-hetero) is 1. The van der Waals surface area contributed by atoms with Crippen molar-refractivity contribution in [3.8, 4) is 0 Å². The third-order valence-corrected chi connectivity index (χ3v) is 13.6. The van der Waals surface area contributed by atoms with Gasteiger partial charge in [0.25, 0.3) is 7.48 Å². The van der Waals surface area contributed by atoms with Crippen LogP contribution in [0.1, 0.15) is 104 Å². The largest absolute Gasteiger partial charge is 0.456 e. The number of fused-ring (bicyclic) bond motifs is 5. The molecule has 2 aromatic carbocycles. The standard InChI is InChI=1S/C46H60BNO14/c1-11-47-62-34-31-25(2)29(58-39(54)33(51)32(27-18-14-12-15-19-27)48-40(55)61-41(4,5)6)22-45(56,42(31,7)8)37(59-38(53)28-20-16-13-17-21-28)35-44(10,36(34)52)30(50)23-43(9)46(35,24-57-43)60-26(3)49/h12-21,29-30,32-35,37,47,50-51,56H,11,22-24H2,1-10H3,(H,48,55)/t29?,30?,32-,33+,34+,35-,37-,43+,44+,45+,46+/m0/s1. The Hall–Kier alpha value is -4.61.